The molecular formula is C14H14N4O2. The number of nitrogens with one attached hydrogen (secondary N) is 1. The molecule has 3 rings (SSSR count). The van der Waals surface area contributed by atoms with Crippen LogP contribution in [0, 0.1) is 0 Å². The molecular weight excluding hydrogens is 256 g/mol. The first-order chi connectivity index (χ1) is 9.65. The van der Waals surface area contributed by atoms with Crippen molar-refractivity contribution in [1.29, 1.82) is 0 Å². The van der Waals surface area contributed by atoms with Crippen molar-refractivity contribution >= 4 is 0 Å². The number of aryl methyl sites for hydroxylation is 2. The largest absolute Gasteiger partial charge is 0.458 e. The second-order valence-electron chi connectivity index (χ2n) is 4.50. The lowest BCUT2D eigenvalue weighted by molar-refractivity contribution is 0.525. The van der Waals surface area contributed by atoms with Gasteiger partial charge in [-0.05, 0) is 12.1 Å². The van der Waals surface area contributed by atoms with Crippen molar-refractivity contribution < 1.29 is 4.42 Å². The minimum Gasteiger partial charge on any atom is -0.458 e. The molecule has 0 unspecified atom stereocenters. The van der Waals surface area contributed by atoms with Gasteiger partial charge in [-0.1, -0.05) is 6.92 Å². The minimum absolute atomic E-state index is 0.219. The van der Waals surface area contributed by atoms with Crippen molar-refractivity contribution in [3.05, 3.63) is 46.7 Å². The second kappa shape index (κ2) is 4.80. The quantitative estimate of drug-likeness (QED) is 0.789. The van der Waals surface area contributed by atoms with E-state index in [4.69, 9.17) is 4.42 Å². The summed E-state index contributed by atoms with van der Waals surface area (Å²) in [5.74, 6) is 1.84. The molecule has 0 fully saturated rings. The predicted octanol–water partition coefficient (Wildman–Crippen LogP) is 1.99. The summed E-state index contributed by atoms with van der Waals surface area (Å²) in [6, 6.07) is 5.14. The van der Waals surface area contributed by atoms with Gasteiger partial charge >= 0.3 is 0 Å². The van der Waals surface area contributed by atoms with Crippen LogP contribution in [0.3, 0.4) is 0 Å². The molecule has 20 heavy (non-hydrogen) atoms. The number of furan rings is 1. The van der Waals surface area contributed by atoms with E-state index in [1.54, 1.807) is 10.9 Å². The molecule has 0 aliphatic rings. The van der Waals surface area contributed by atoms with Gasteiger partial charge in [0.2, 0.25) is 0 Å². The van der Waals surface area contributed by atoms with Gasteiger partial charge in [0.1, 0.15) is 5.76 Å². The molecule has 0 aromatic carbocycles. The third-order valence-corrected chi connectivity index (χ3v) is 2.99. The maximum atomic E-state index is 11.8. The van der Waals surface area contributed by atoms with Crippen LogP contribution in [0.2, 0.25) is 0 Å². The topological polar surface area (TPSA) is 76.7 Å². The fourth-order valence-electron chi connectivity index (χ4n) is 1.97. The SMILES string of the molecule is CCc1ccc(-c2nc(-c3cnn(C)c3)cc(=O)[nH]2)o1. The van der Waals surface area contributed by atoms with Crippen molar-refractivity contribution in [2.24, 2.45) is 7.05 Å². The first-order valence-corrected chi connectivity index (χ1v) is 6.35. The lowest BCUT2D eigenvalue weighted by atomic mass is 10.2. The van der Waals surface area contributed by atoms with Gasteiger partial charge in [0.25, 0.3) is 5.56 Å². The maximum absolute atomic E-state index is 11.8. The molecule has 3 heterocycles. The zero-order valence-electron chi connectivity index (χ0n) is 11.3. The Labute approximate surface area is 115 Å². The molecule has 0 amide bonds. The van der Waals surface area contributed by atoms with Crippen LogP contribution < -0.4 is 5.56 Å². The van der Waals surface area contributed by atoms with Crippen molar-refractivity contribution in [3.63, 3.8) is 0 Å². The van der Waals surface area contributed by atoms with Crippen molar-refractivity contribution in [3.8, 4) is 22.8 Å². The highest BCUT2D eigenvalue weighted by molar-refractivity contribution is 5.59. The van der Waals surface area contributed by atoms with Gasteiger partial charge in [-0.15, -0.1) is 0 Å². The summed E-state index contributed by atoms with van der Waals surface area (Å²) in [6.45, 7) is 2.00. The molecule has 0 aliphatic carbocycles. The smallest absolute Gasteiger partial charge is 0.251 e. The van der Waals surface area contributed by atoms with Crippen molar-refractivity contribution in [2.75, 3.05) is 0 Å². The van der Waals surface area contributed by atoms with E-state index in [1.807, 2.05) is 32.3 Å². The van der Waals surface area contributed by atoms with E-state index in [0.29, 0.717) is 17.3 Å². The van der Waals surface area contributed by atoms with Crippen LogP contribution >= 0.6 is 0 Å². The second-order valence-corrected chi connectivity index (χ2v) is 4.50. The Kier molecular flexibility index (Phi) is 2.98. The van der Waals surface area contributed by atoms with Crippen LogP contribution in [0.15, 0.2) is 39.8 Å². The zero-order valence-corrected chi connectivity index (χ0v) is 11.3. The molecule has 6 heteroatoms. The number of nitrogens with zero attached hydrogens (tertiary/aromatic N) is 3. The summed E-state index contributed by atoms with van der Waals surface area (Å²) < 4.78 is 7.28. The Morgan fingerprint density at radius 3 is 2.90 bits per heavy atom. The normalized spacial score (nSPS) is 10.9. The number of aromatic nitrogens is 4. The molecule has 0 bridgehead atoms. The Morgan fingerprint density at radius 1 is 1.40 bits per heavy atom. The highest BCUT2D eigenvalue weighted by Gasteiger charge is 2.10. The molecule has 3 aromatic rings. The monoisotopic (exact) mass is 270 g/mol. The zero-order chi connectivity index (χ0) is 14.1. The van der Waals surface area contributed by atoms with E-state index in [1.165, 1.54) is 6.07 Å². The fraction of sp³-hybridized carbons (Fsp3) is 0.214. The van der Waals surface area contributed by atoms with Crippen LogP contribution in [0.4, 0.5) is 0 Å². The lowest BCUT2D eigenvalue weighted by Crippen LogP contribution is -2.08. The van der Waals surface area contributed by atoms with E-state index in [0.717, 1.165) is 17.7 Å². The minimum atomic E-state index is -0.219. The Morgan fingerprint density at radius 2 is 2.25 bits per heavy atom. The summed E-state index contributed by atoms with van der Waals surface area (Å²) in [5.41, 5.74) is 1.15. The van der Waals surface area contributed by atoms with Gasteiger partial charge in [0.15, 0.2) is 11.6 Å². The van der Waals surface area contributed by atoms with Crippen LogP contribution in [0.25, 0.3) is 22.8 Å². The summed E-state index contributed by atoms with van der Waals surface area (Å²) in [5, 5.41) is 4.08. The van der Waals surface area contributed by atoms with Gasteiger partial charge < -0.3 is 9.40 Å². The van der Waals surface area contributed by atoms with E-state index < -0.39 is 0 Å². The molecule has 0 spiro atoms. The van der Waals surface area contributed by atoms with E-state index in [2.05, 4.69) is 15.1 Å². The number of rotatable bonds is 3. The number of H-pyrrole nitrogens is 1. The van der Waals surface area contributed by atoms with E-state index >= 15 is 0 Å². The molecule has 102 valence electrons. The summed E-state index contributed by atoms with van der Waals surface area (Å²) in [6.07, 6.45) is 4.28. The Hall–Kier alpha value is -2.63. The highest BCUT2D eigenvalue weighted by atomic mass is 16.3. The molecule has 0 saturated heterocycles. The third kappa shape index (κ3) is 2.27. The molecule has 0 radical (unpaired) electrons. The van der Waals surface area contributed by atoms with E-state index in [9.17, 15) is 4.79 Å². The Bertz CT molecular complexity index is 797. The van der Waals surface area contributed by atoms with E-state index in [-0.39, 0.29) is 5.56 Å². The number of hydrogen-bond donors (Lipinski definition) is 1. The molecule has 1 N–H and O–H groups in total. The molecule has 3 aromatic heterocycles. The summed E-state index contributed by atoms with van der Waals surface area (Å²) in [4.78, 5) is 18.9. The predicted molar refractivity (Wildman–Crippen MR) is 74.1 cm³/mol. The summed E-state index contributed by atoms with van der Waals surface area (Å²) in [7, 11) is 1.82. The molecule has 6 nitrogen and oxygen atoms in total. The van der Waals surface area contributed by atoms with Gasteiger partial charge in [0, 0.05) is 31.3 Å². The number of hydrogen-bond acceptors (Lipinski definition) is 4. The third-order valence-electron chi connectivity index (χ3n) is 2.99. The fourth-order valence-corrected chi connectivity index (χ4v) is 1.97. The van der Waals surface area contributed by atoms with Crippen LogP contribution in [-0.2, 0) is 13.5 Å². The summed E-state index contributed by atoms with van der Waals surface area (Å²) >= 11 is 0. The maximum Gasteiger partial charge on any atom is 0.251 e. The molecule has 0 aliphatic heterocycles. The first-order valence-electron chi connectivity index (χ1n) is 6.35. The van der Waals surface area contributed by atoms with Crippen LogP contribution in [0.5, 0.6) is 0 Å². The lowest BCUT2D eigenvalue weighted by Gasteiger charge is -2.00. The van der Waals surface area contributed by atoms with Gasteiger partial charge in [-0.2, -0.15) is 5.10 Å². The first kappa shape index (κ1) is 12.4. The average molecular weight is 270 g/mol. The highest BCUT2D eigenvalue weighted by Crippen LogP contribution is 2.21. The van der Waals surface area contributed by atoms with Crippen LogP contribution in [-0.4, -0.2) is 19.7 Å². The number of aromatic amines is 1. The molecule has 0 saturated carbocycles. The van der Waals surface area contributed by atoms with Crippen molar-refractivity contribution in [2.45, 2.75) is 13.3 Å². The van der Waals surface area contributed by atoms with Crippen LogP contribution in [0.1, 0.15) is 12.7 Å². The van der Waals surface area contributed by atoms with Gasteiger partial charge in [-0.25, -0.2) is 4.98 Å². The molecule has 0 atom stereocenters. The van der Waals surface area contributed by atoms with Gasteiger partial charge in [0.05, 0.1) is 11.9 Å². The average Bonchev–Trinajstić information content (AvgIpc) is 3.06. The van der Waals surface area contributed by atoms with Gasteiger partial charge in [-0.3, -0.25) is 9.48 Å². The standard InChI is InChI=1S/C14H14N4O2/c1-3-10-4-5-12(20-10)14-16-11(6-13(19)17-14)9-7-15-18(2)8-9/h4-8H,3H2,1-2H3,(H,16,17,19). The Balaban J connectivity index is 2.08. The van der Waals surface area contributed by atoms with Crippen molar-refractivity contribution in [1.82, 2.24) is 19.7 Å².